The molecule has 1 fully saturated rings. The first-order valence-corrected chi connectivity index (χ1v) is 7.42. The Labute approximate surface area is 129 Å². The summed E-state index contributed by atoms with van der Waals surface area (Å²) in [5, 5.41) is 13.3. The van der Waals surface area contributed by atoms with Gasteiger partial charge in [-0.15, -0.1) is 0 Å². The van der Waals surface area contributed by atoms with E-state index in [9.17, 15) is 9.90 Å². The summed E-state index contributed by atoms with van der Waals surface area (Å²) >= 11 is 0. The zero-order chi connectivity index (χ0) is 15.5. The Morgan fingerprint density at radius 1 is 1.27 bits per heavy atom. The lowest BCUT2D eigenvalue weighted by atomic mass is 10.2. The van der Waals surface area contributed by atoms with Gasteiger partial charge >= 0.3 is 6.03 Å². The van der Waals surface area contributed by atoms with E-state index in [1.807, 2.05) is 36.1 Å². The van der Waals surface area contributed by atoms with E-state index in [2.05, 4.69) is 10.00 Å². The zero-order valence-corrected chi connectivity index (χ0v) is 12.6. The molecule has 1 aliphatic rings. The third-order valence-electron chi connectivity index (χ3n) is 3.92. The third-order valence-corrected chi connectivity index (χ3v) is 3.92. The molecule has 6 nitrogen and oxygen atoms in total. The molecule has 1 aliphatic heterocycles. The van der Waals surface area contributed by atoms with Crippen molar-refractivity contribution in [3.63, 3.8) is 0 Å². The molecular formula is C16H20N4O2. The highest BCUT2D eigenvalue weighted by molar-refractivity contribution is 5.76. The number of aliphatic hydroxyl groups excluding tert-OH is 1. The van der Waals surface area contributed by atoms with Crippen LogP contribution in [0.3, 0.4) is 0 Å². The smallest absolute Gasteiger partial charge is 0.344 e. The molecule has 0 bridgehead atoms. The number of carbonyl (C=O) groups is 1. The number of amides is 1. The minimum Gasteiger partial charge on any atom is -0.392 e. The van der Waals surface area contributed by atoms with Crippen molar-refractivity contribution in [1.29, 1.82) is 0 Å². The molecule has 1 N–H and O–H groups in total. The number of aliphatic hydroxyl groups is 1. The Morgan fingerprint density at radius 3 is 2.68 bits per heavy atom. The highest BCUT2D eigenvalue weighted by Crippen LogP contribution is 2.18. The normalized spacial score (nSPS) is 15.2. The van der Waals surface area contributed by atoms with Gasteiger partial charge in [0.1, 0.15) is 0 Å². The molecule has 2 aromatic rings. The Kier molecular flexibility index (Phi) is 4.11. The van der Waals surface area contributed by atoms with Crippen LogP contribution < -0.4 is 4.90 Å². The molecule has 3 rings (SSSR count). The number of piperazine rings is 1. The molecular weight excluding hydrogens is 280 g/mol. The molecule has 0 spiro atoms. The van der Waals surface area contributed by atoms with Gasteiger partial charge in [-0.25, -0.2) is 4.79 Å². The molecule has 1 amide bonds. The van der Waals surface area contributed by atoms with Crippen LogP contribution in [0.2, 0.25) is 0 Å². The van der Waals surface area contributed by atoms with Gasteiger partial charge in [0, 0.05) is 38.1 Å². The van der Waals surface area contributed by atoms with Crippen LogP contribution in [-0.4, -0.2) is 52.0 Å². The minimum atomic E-state index is -0.0724. The van der Waals surface area contributed by atoms with Gasteiger partial charge in [0.05, 0.1) is 12.8 Å². The minimum absolute atomic E-state index is 0.0466. The highest BCUT2D eigenvalue weighted by Gasteiger charge is 2.22. The Morgan fingerprint density at radius 2 is 2.05 bits per heavy atom. The van der Waals surface area contributed by atoms with Gasteiger partial charge in [-0.1, -0.05) is 12.1 Å². The lowest BCUT2D eigenvalue weighted by molar-refractivity contribution is 0.193. The highest BCUT2D eigenvalue weighted by atomic mass is 16.3. The lowest BCUT2D eigenvalue weighted by Crippen LogP contribution is -2.50. The fraction of sp³-hybridized carbons (Fsp3) is 0.375. The van der Waals surface area contributed by atoms with E-state index < -0.39 is 0 Å². The van der Waals surface area contributed by atoms with Crippen molar-refractivity contribution in [1.82, 2.24) is 14.7 Å². The van der Waals surface area contributed by atoms with E-state index in [-0.39, 0.29) is 12.6 Å². The van der Waals surface area contributed by atoms with E-state index in [4.69, 9.17) is 0 Å². The molecule has 0 atom stereocenters. The lowest BCUT2D eigenvalue weighted by Gasteiger charge is -2.35. The van der Waals surface area contributed by atoms with Crippen LogP contribution >= 0.6 is 0 Å². The third kappa shape index (κ3) is 2.96. The second kappa shape index (κ2) is 6.19. The molecule has 0 aliphatic carbocycles. The maximum absolute atomic E-state index is 12.3. The maximum Gasteiger partial charge on any atom is 0.344 e. The van der Waals surface area contributed by atoms with Crippen LogP contribution in [0.4, 0.5) is 10.5 Å². The van der Waals surface area contributed by atoms with Crippen molar-refractivity contribution in [3.05, 3.63) is 47.8 Å². The molecule has 2 heterocycles. The van der Waals surface area contributed by atoms with Crippen LogP contribution in [0.1, 0.15) is 11.1 Å². The van der Waals surface area contributed by atoms with Crippen LogP contribution in [0.25, 0.3) is 0 Å². The van der Waals surface area contributed by atoms with Gasteiger partial charge in [0.25, 0.3) is 0 Å². The van der Waals surface area contributed by atoms with E-state index >= 15 is 0 Å². The average molecular weight is 300 g/mol. The predicted molar refractivity (Wildman–Crippen MR) is 83.9 cm³/mol. The van der Waals surface area contributed by atoms with Gasteiger partial charge in [0.2, 0.25) is 0 Å². The van der Waals surface area contributed by atoms with Gasteiger partial charge in [-0.2, -0.15) is 9.78 Å². The summed E-state index contributed by atoms with van der Waals surface area (Å²) in [6.07, 6.45) is 3.44. The summed E-state index contributed by atoms with van der Waals surface area (Å²) in [5.74, 6) is 0. The molecule has 0 saturated carbocycles. The summed E-state index contributed by atoms with van der Waals surface area (Å²) < 4.78 is 1.40. The number of anilines is 1. The van der Waals surface area contributed by atoms with Crippen molar-refractivity contribution in [3.8, 4) is 0 Å². The van der Waals surface area contributed by atoms with E-state index in [1.165, 1.54) is 4.68 Å². The monoisotopic (exact) mass is 300 g/mol. The van der Waals surface area contributed by atoms with Gasteiger partial charge in [-0.3, -0.25) is 0 Å². The summed E-state index contributed by atoms with van der Waals surface area (Å²) in [5.41, 5.74) is 2.98. The number of aromatic nitrogens is 2. The van der Waals surface area contributed by atoms with E-state index in [0.29, 0.717) is 13.1 Å². The first kappa shape index (κ1) is 14.6. The Bertz CT molecular complexity index is 660. The number of benzene rings is 1. The number of hydrogen-bond acceptors (Lipinski definition) is 4. The molecule has 0 radical (unpaired) electrons. The molecule has 22 heavy (non-hydrogen) atoms. The Hall–Kier alpha value is -2.34. The van der Waals surface area contributed by atoms with Crippen LogP contribution in [0.5, 0.6) is 0 Å². The fourth-order valence-electron chi connectivity index (χ4n) is 2.67. The summed E-state index contributed by atoms with van der Waals surface area (Å²) in [7, 11) is 0. The van der Waals surface area contributed by atoms with Gasteiger partial charge in [-0.05, 0) is 30.2 Å². The molecule has 116 valence electrons. The topological polar surface area (TPSA) is 61.6 Å². The number of nitrogens with zero attached hydrogens (tertiary/aromatic N) is 4. The second-order valence-corrected chi connectivity index (χ2v) is 5.55. The van der Waals surface area contributed by atoms with Gasteiger partial charge in [0.15, 0.2) is 0 Å². The van der Waals surface area contributed by atoms with Crippen molar-refractivity contribution in [2.75, 3.05) is 31.1 Å². The standard InChI is InChI=1S/C16H20N4O2/c1-13-10-17-20(11-13)16(22)19-7-5-18(6-8-19)15-4-2-3-14(9-15)12-21/h2-4,9-11,21H,5-8,12H2,1H3. The van der Waals surface area contributed by atoms with Crippen LogP contribution in [0, 0.1) is 6.92 Å². The van der Waals surface area contributed by atoms with Crippen LogP contribution in [-0.2, 0) is 6.61 Å². The molecule has 1 aromatic carbocycles. The van der Waals surface area contributed by atoms with Crippen molar-refractivity contribution < 1.29 is 9.90 Å². The van der Waals surface area contributed by atoms with Crippen molar-refractivity contribution in [2.45, 2.75) is 13.5 Å². The molecule has 6 heteroatoms. The quantitative estimate of drug-likeness (QED) is 0.912. The van der Waals surface area contributed by atoms with Crippen molar-refractivity contribution >= 4 is 11.7 Å². The summed E-state index contributed by atoms with van der Waals surface area (Å²) in [6, 6.07) is 7.81. The number of rotatable bonds is 2. The predicted octanol–water partition coefficient (Wildman–Crippen LogP) is 1.47. The summed E-state index contributed by atoms with van der Waals surface area (Å²) in [6.45, 7) is 4.86. The van der Waals surface area contributed by atoms with E-state index in [0.717, 1.165) is 29.9 Å². The fourth-order valence-corrected chi connectivity index (χ4v) is 2.67. The average Bonchev–Trinajstić information content (AvgIpc) is 3.01. The maximum atomic E-state index is 12.3. The Balaban J connectivity index is 1.63. The summed E-state index contributed by atoms with van der Waals surface area (Å²) in [4.78, 5) is 16.4. The SMILES string of the molecule is Cc1cnn(C(=O)N2CCN(c3cccc(CO)c3)CC2)c1. The number of hydrogen-bond donors (Lipinski definition) is 1. The molecule has 0 unspecified atom stereocenters. The number of carbonyl (C=O) groups excluding carboxylic acids is 1. The molecule has 1 saturated heterocycles. The van der Waals surface area contributed by atoms with Gasteiger partial charge < -0.3 is 14.9 Å². The second-order valence-electron chi connectivity index (χ2n) is 5.55. The first-order chi connectivity index (χ1) is 10.7. The van der Waals surface area contributed by atoms with Crippen molar-refractivity contribution in [2.24, 2.45) is 0 Å². The zero-order valence-electron chi connectivity index (χ0n) is 12.6. The number of aryl methyl sites for hydroxylation is 1. The van der Waals surface area contributed by atoms with Crippen LogP contribution in [0.15, 0.2) is 36.7 Å². The largest absolute Gasteiger partial charge is 0.392 e. The first-order valence-electron chi connectivity index (χ1n) is 7.42. The molecule has 1 aromatic heterocycles. The van der Waals surface area contributed by atoms with E-state index in [1.54, 1.807) is 12.4 Å².